The van der Waals surface area contributed by atoms with Crippen molar-refractivity contribution in [2.45, 2.75) is 61.5 Å². The highest BCUT2D eigenvalue weighted by atomic mass is 32.2. The smallest absolute Gasteiger partial charge is 0.253 e. The second-order valence-electron chi connectivity index (χ2n) is 8.53. The van der Waals surface area contributed by atoms with Crippen LogP contribution in [0.15, 0.2) is 23.1 Å². The Morgan fingerprint density at radius 2 is 1.86 bits per heavy atom. The van der Waals surface area contributed by atoms with Crippen LogP contribution in [0.3, 0.4) is 0 Å². The highest BCUT2D eigenvalue weighted by Gasteiger charge is 2.50. The molecule has 4 aliphatic rings. The quantitative estimate of drug-likeness (QED) is 0.720. The molecule has 1 N–H and O–H groups in total. The Hall–Kier alpha value is -1.49. The lowest BCUT2D eigenvalue weighted by Gasteiger charge is -2.23. The largest absolute Gasteiger partial charge is 0.289 e. The van der Waals surface area contributed by atoms with Gasteiger partial charge in [0.15, 0.2) is 0 Å². The minimum atomic E-state index is -3.69. The normalized spacial score (nSPS) is 29.5. The first kappa shape index (κ1) is 19.5. The number of amides is 1. The van der Waals surface area contributed by atoms with Gasteiger partial charge in [-0.3, -0.25) is 9.69 Å². The van der Waals surface area contributed by atoms with Crippen molar-refractivity contribution in [1.82, 2.24) is 13.9 Å². The Bertz CT molecular complexity index is 1070. The average Bonchev–Trinajstić information content (AvgIpc) is 3.24. The van der Waals surface area contributed by atoms with E-state index in [-0.39, 0.29) is 23.2 Å². The molecule has 1 saturated carbocycles. The zero-order valence-corrected chi connectivity index (χ0v) is 17.7. The van der Waals surface area contributed by atoms with Crippen LogP contribution < -0.4 is 4.72 Å². The molecule has 1 aromatic rings. The van der Waals surface area contributed by atoms with Crippen LogP contribution in [0.25, 0.3) is 0 Å². The van der Waals surface area contributed by atoms with E-state index in [0.717, 1.165) is 29.1 Å². The van der Waals surface area contributed by atoms with Gasteiger partial charge >= 0.3 is 0 Å². The van der Waals surface area contributed by atoms with Gasteiger partial charge in [-0.25, -0.2) is 25.9 Å². The van der Waals surface area contributed by atoms with Crippen LogP contribution in [0, 0.1) is 0 Å². The summed E-state index contributed by atoms with van der Waals surface area (Å²) >= 11 is 0. The molecule has 3 fully saturated rings. The highest BCUT2D eigenvalue weighted by molar-refractivity contribution is 7.89. The first-order valence-corrected chi connectivity index (χ1v) is 13.3. The van der Waals surface area contributed by atoms with Gasteiger partial charge in [0.1, 0.15) is 0 Å². The number of benzene rings is 1. The minimum Gasteiger partial charge on any atom is -0.289 e. The molecule has 0 radical (unpaired) electrons. The number of sulfonamides is 2. The topological polar surface area (TPSA) is 104 Å². The molecule has 8 nitrogen and oxygen atoms in total. The van der Waals surface area contributed by atoms with E-state index >= 15 is 0 Å². The van der Waals surface area contributed by atoms with E-state index < -0.39 is 38.0 Å². The standard InChI is InChI=1S/C19H25N3O5S2/c23-19-18-11-15(12-21(18)8-9-28(24,25)22(19)16-5-6-16)20-29(26,27)17-7-4-13-2-1-3-14(13)10-17/h4,7,10,15-16,18,20H,1-3,5-6,8-9,11-12H2/t15-,18-/m0/s1. The van der Waals surface area contributed by atoms with Gasteiger partial charge in [0, 0.05) is 25.2 Å². The molecule has 10 heteroatoms. The number of nitrogens with one attached hydrogen (secondary N) is 1. The molecule has 0 bridgehead atoms. The number of nitrogens with zero attached hydrogens (tertiary/aromatic N) is 2. The summed E-state index contributed by atoms with van der Waals surface area (Å²) in [5.74, 6) is -0.500. The van der Waals surface area contributed by atoms with Crippen molar-refractivity contribution in [3.8, 4) is 0 Å². The van der Waals surface area contributed by atoms with E-state index in [9.17, 15) is 21.6 Å². The van der Waals surface area contributed by atoms with Crippen LogP contribution in [0.4, 0.5) is 0 Å². The number of fused-ring (bicyclic) bond motifs is 2. The van der Waals surface area contributed by atoms with Crippen LogP contribution in [-0.2, 0) is 37.7 Å². The lowest BCUT2D eigenvalue weighted by molar-refractivity contribution is -0.130. The number of rotatable bonds is 4. The van der Waals surface area contributed by atoms with Crippen molar-refractivity contribution in [3.63, 3.8) is 0 Å². The van der Waals surface area contributed by atoms with Gasteiger partial charge in [0.05, 0.1) is 16.7 Å². The fourth-order valence-corrected chi connectivity index (χ4v) is 7.84. The third-order valence-corrected chi connectivity index (χ3v) is 9.72. The fraction of sp³-hybridized carbons (Fsp3) is 0.632. The summed E-state index contributed by atoms with van der Waals surface area (Å²) in [7, 11) is -7.28. The third kappa shape index (κ3) is 3.49. The van der Waals surface area contributed by atoms with Gasteiger partial charge < -0.3 is 0 Å². The average molecular weight is 440 g/mol. The SMILES string of the molecule is O=C1[C@@H]2C[C@H](NS(=O)(=O)c3ccc4c(c3)CCC4)CN2CCS(=O)(=O)N1C1CC1. The Labute approximate surface area is 171 Å². The van der Waals surface area contributed by atoms with Gasteiger partial charge in [0.2, 0.25) is 20.0 Å². The Balaban J connectivity index is 1.34. The van der Waals surface area contributed by atoms with Crippen molar-refractivity contribution in [2.75, 3.05) is 18.8 Å². The molecule has 0 unspecified atom stereocenters. The summed E-state index contributed by atoms with van der Waals surface area (Å²) in [6.45, 7) is 0.591. The molecule has 1 amide bonds. The zero-order chi connectivity index (χ0) is 20.4. The maximum absolute atomic E-state index is 13.0. The van der Waals surface area contributed by atoms with E-state index in [0.29, 0.717) is 25.8 Å². The van der Waals surface area contributed by atoms with Crippen molar-refractivity contribution in [2.24, 2.45) is 0 Å². The van der Waals surface area contributed by atoms with Crippen molar-refractivity contribution in [1.29, 1.82) is 0 Å². The van der Waals surface area contributed by atoms with E-state index in [2.05, 4.69) is 4.72 Å². The first-order valence-electron chi connectivity index (χ1n) is 10.2. The molecule has 2 heterocycles. The fourth-order valence-electron chi connectivity index (χ4n) is 4.83. The predicted octanol–water partition coefficient (Wildman–Crippen LogP) is 0.231. The molecule has 5 rings (SSSR count). The minimum absolute atomic E-state index is 0.101. The van der Waals surface area contributed by atoms with E-state index in [1.54, 1.807) is 12.1 Å². The molecular weight excluding hydrogens is 414 g/mol. The van der Waals surface area contributed by atoms with Gasteiger partial charge in [-0.2, -0.15) is 0 Å². The van der Waals surface area contributed by atoms with Gasteiger partial charge in [-0.05, 0) is 61.8 Å². The van der Waals surface area contributed by atoms with E-state index in [1.165, 1.54) is 5.56 Å². The molecule has 0 spiro atoms. The number of hydrogen-bond donors (Lipinski definition) is 1. The third-order valence-electron chi connectivity index (χ3n) is 6.42. The van der Waals surface area contributed by atoms with E-state index in [4.69, 9.17) is 0 Å². The van der Waals surface area contributed by atoms with Crippen molar-refractivity contribution in [3.05, 3.63) is 29.3 Å². The van der Waals surface area contributed by atoms with Crippen LogP contribution in [-0.4, -0.2) is 68.9 Å². The first-order chi connectivity index (χ1) is 13.7. The summed E-state index contributed by atoms with van der Waals surface area (Å²) < 4.78 is 54.6. The summed E-state index contributed by atoms with van der Waals surface area (Å²) in [5, 5.41) is 0. The van der Waals surface area contributed by atoms with Crippen molar-refractivity contribution >= 4 is 26.0 Å². The molecule has 1 aromatic carbocycles. The number of carbonyl (C=O) groups excluding carboxylic acids is 1. The number of hydrogen-bond acceptors (Lipinski definition) is 6. The van der Waals surface area contributed by atoms with Gasteiger partial charge in [-0.1, -0.05) is 6.07 Å². The van der Waals surface area contributed by atoms with Gasteiger partial charge in [-0.15, -0.1) is 0 Å². The second kappa shape index (κ2) is 6.76. The van der Waals surface area contributed by atoms with Crippen LogP contribution in [0.1, 0.15) is 36.8 Å². The Kier molecular flexibility index (Phi) is 4.54. The van der Waals surface area contributed by atoms with Crippen LogP contribution >= 0.6 is 0 Å². The summed E-state index contributed by atoms with van der Waals surface area (Å²) in [6.07, 6.45) is 4.66. The monoisotopic (exact) mass is 439 g/mol. The highest BCUT2D eigenvalue weighted by Crippen LogP contribution is 2.34. The Morgan fingerprint density at radius 3 is 2.62 bits per heavy atom. The zero-order valence-electron chi connectivity index (χ0n) is 16.1. The summed E-state index contributed by atoms with van der Waals surface area (Å²) in [4.78, 5) is 15.0. The van der Waals surface area contributed by atoms with Gasteiger partial charge in [0.25, 0.3) is 5.91 Å². The maximum atomic E-state index is 13.0. The molecule has 2 atom stereocenters. The second-order valence-corrected chi connectivity index (χ2v) is 12.2. The molecule has 0 aromatic heterocycles. The molecule has 2 aliphatic carbocycles. The molecule has 2 aliphatic heterocycles. The van der Waals surface area contributed by atoms with Crippen LogP contribution in [0.2, 0.25) is 0 Å². The van der Waals surface area contributed by atoms with E-state index in [1.807, 2.05) is 11.0 Å². The Morgan fingerprint density at radius 1 is 1.10 bits per heavy atom. The number of aryl methyl sites for hydroxylation is 2. The predicted molar refractivity (Wildman–Crippen MR) is 106 cm³/mol. The molecule has 2 saturated heterocycles. The summed E-state index contributed by atoms with van der Waals surface area (Å²) in [5.41, 5.74) is 2.30. The van der Waals surface area contributed by atoms with Crippen molar-refractivity contribution < 1.29 is 21.6 Å². The summed E-state index contributed by atoms with van der Waals surface area (Å²) in [6, 6.07) is 4.08. The lowest BCUT2D eigenvalue weighted by Crippen LogP contribution is -2.45. The molecule has 29 heavy (non-hydrogen) atoms. The van der Waals surface area contributed by atoms with Crippen LogP contribution in [0.5, 0.6) is 0 Å². The lowest BCUT2D eigenvalue weighted by atomic mass is 10.1. The maximum Gasteiger partial charge on any atom is 0.253 e. The molecule has 158 valence electrons. The number of carbonyl (C=O) groups is 1. The molecular formula is C19H25N3O5S2.